The predicted octanol–water partition coefficient (Wildman–Crippen LogP) is 11.0. The molecule has 0 spiro atoms. The van der Waals surface area contributed by atoms with Gasteiger partial charge in [0.25, 0.3) is 0 Å². The zero-order valence-corrected chi connectivity index (χ0v) is 22.8. The van der Waals surface area contributed by atoms with Gasteiger partial charge in [-0.05, 0) is 75.7 Å². The van der Waals surface area contributed by atoms with E-state index < -0.39 is 0 Å². The Morgan fingerprint density at radius 2 is 1.02 bits per heavy atom. The van der Waals surface area contributed by atoms with Gasteiger partial charge in [0.15, 0.2) is 0 Å². The monoisotopic (exact) mass is 535 g/mol. The summed E-state index contributed by atoms with van der Waals surface area (Å²) >= 11 is 0. The summed E-state index contributed by atoms with van der Waals surface area (Å²) in [5.41, 5.74) is 10.7. The standard InChI is InChI=1S/C40H25NO/c1-2-9-26(10-3-1)28-19-23-38-35(25-28)34-14-8-13-33-30(22-24-39(42-38)40(33)34)27-17-20-29(21-18-27)41-36-15-6-4-11-31(36)32-12-5-7-16-37(32)41/h1-25H. The number of benzene rings is 7. The van der Waals surface area contributed by atoms with Gasteiger partial charge >= 0.3 is 0 Å². The third-order valence-corrected chi connectivity index (χ3v) is 8.62. The van der Waals surface area contributed by atoms with Crippen LogP contribution in [0.1, 0.15) is 0 Å². The highest BCUT2D eigenvalue weighted by Gasteiger charge is 2.22. The van der Waals surface area contributed by atoms with Crippen molar-refractivity contribution >= 4 is 32.6 Å². The normalized spacial score (nSPS) is 12.0. The van der Waals surface area contributed by atoms with E-state index >= 15 is 0 Å². The van der Waals surface area contributed by atoms with E-state index in [1.54, 1.807) is 0 Å². The van der Waals surface area contributed by atoms with Crippen LogP contribution >= 0.6 is 0 Å². The smallest absolute Gasteiger partial charge is 0.135 e. The van der Waals surface area contributed by atoms with Gasteiger partial charge in [-0.25, -0.2) is 0 Å². The Bertz CT molecular complexity index is 2260. The van der Waals surface area contributed by atoms with Crippen LogP contribution < -0.4 is 4.74 Å². The molecular formula is C40H25NO. The molecule has 0 saturated carbocycles. The van der Waals surface area contributed by atoms with Gasteiger partial charge < -0.3 is 9.30 Å². The molecule has 0 fully saturated rings. The quantitative estimate of drug-likeness (QED) is 0.219. The molecule has 0 atom stereocenters. The number of rotatable bonds is 3. The Kier molecular flexibility index (Phi) is 4.93. The van der Waals surface area contributed by atoms with Gasteiger partial charge in [-0.1, -0.05) is 109 Å². The molecule has 9 rings (SSSR count). The first-order valence-electron chi connectivity index (χ1n) is 14.4. The minimum absolute atomic E-state index is 0.901. The summed E-state index contributed by atoms with van der Waals surface area (Å²) in [5, 5.41) is 4.91. The highest BCUT2D eigenvalue weighted by Crippen LogP contribution is 2.49. The Morgan fingerprint density at radius 1 is 0.381 bits per heavy atom. The maximum Gasteiger partial charge on any atom is 0.135 e. The average molecular weight is 536 g/mol. The molecule has 0 aliphatic carbocycles. The van der Waals surface area contributed by atoms with Crippen LogP contribution in [0, 0.1) is 0 Å². The number of aromatic nitrogens is 1. The highest BCUT2D eigenvalue weighted by atomic mass is 16.5. The predicted molar refractivity (Wildman–Crippen MR) is 175 cm³/mol. The lowest BCUT2D eigenvalue weighted by atomic mass is 9.89. The summed E-state index contributed by atoms with van der Waals surface area (Å²) in [5.74, 6) is 1.81. The molecule has 2 nitrogen and oxygen atoms in total. The van der Waals surface area contributed by atoms with E-state index in [4.69, 9.17) is 4.74 Å². The molecule has 0 saturated heterocycles. The number of hydrogen-bond donors (Lipinski definition) is 0. The van der Waals surface area contributed by atoms with Crippen molar-refractivity contribution in [1.82, 2.24) is 4.57 Å². The minimum atomic E-state index is 0.901. The summed E-state index contributed by atoms with van der Waals surface area (Å²) in [7, 11) is 0. The van der Waals surface area contributed by atoms with Crippen LogP contribution in [0.2, 0.25) is 0 Å². The van der Waals surface area contributed by atoms with E-state index in [0.717, 1.165) is 22.7 Å². The molecule has 1 aliphatic heterocycles. The van der Waals surface area contributed by atoms with Crippen LogP contribution in [0.15, 0.2) is 152 Å². The lowest BCUT2D eigenvalue weighted by Crippen LogP contribution is -1.98. The number of ether oxygens (including phenoxy) is 1. The Labute approximate surface area is 243 Å². The summed E-state index contributed by atoms with van der Waals surface area (Å²) in [6.45, 7) is 0. The molecule has 8 aromatic rings. The van der Waals surface area contributed by atoms with Crippen molar-refractivity contribution in [3.63, 3.8) is 0 Å². The average Bonchev–Trinajstić information content (AvgIpc) is 3.40. The summed E-state index contributed by atoms with van der Waals surface area (Å²) in [4.78, 5) is 0. The maximum absolute atomic E-state index is 6.48. The number of hydrogen-bond acceptors (Lipinski definition) is 1. The summed E-state index contributed by atoms with van der Waals surface area (Å²) in [6.07, 6.45) is 0. The molecule has 196 valence electrons. The molecule has 1 aromatic heterocycles. The molecular weight excluding hydrogens is 510 g/mol. The summed E-state index contributed by atoms with van der Waals surface area (Å²) in [6, 6.07) is 54.2. The van der Waals surface area contributed by atoms with E-state index in [0.29, 0.717) is 0 Å². The molecule has 0 unspecified atom stereocenters. The van der Waals surface area contributed by atoms with Crippen LogP contribution in [-0.4, -0.2) is 4.57 Å². The molecule has 2 heteroatoms. The van der Waals surface area contributed by atoms with Gasteiger partial charge in [0.1, 0.15) is 11.5 Å². The van der Waals surface area contributed by atoms with Crippen molar-refractivity contribution in [2.45, 2.75) is 0 Å². The number of fused-ring (bicyclic) bond motifs is 5. The molecule has 0 radical (unpaired) electrons. The van der Waals surface area contributed by atoms with Gasteiger partial charge in [-0.3, -0.25) is 0 Å². The first-order chi connectivity index (χ1) is 20.8. The van der Waals surface area contributed by atoms with Gasteiger partial charge in [-0.15, -0.1) is 0 Å². The van der Waals surface area contributed by atoms with Gasteiger partial charge in [0.2, 0.25) is 0 Å². The van der Waals surface area contributed by atoms with Crippen LogP contribution in [0.5, 0.6) is 11.5 Å². The van der Waals surface area contributed by atoms with Crippen LogP contribution in [0.4, 0.5) is 0 Å². The van der Waals surface area contributed by atoms with Crippen molar-refractivity contribution in [3.8, 4) is 50.6 Å². The Balaban J connectivity index is 1.18. The number of nitrogens with zero attached hydrogens (tertiary/aromatic N) is 1. The third kappa shape index (κ3) is 3.39. The van der Waals surface area contributed by atoms with E-state index in [2.05, 4.69) is 156 Å². The van der Waals surface area contributed by atoms with Crippen LogP contribution in [-0.2, 0) is 0 Å². The van der Waals surface area contributed by atoms with Crippen LogP contribution in [0.25, 0.3) is 71.6 Å². The van der Waals surface area contributed by atoms with Gasteiger partial charge in [0.05, 0.1) is 11.0 Å². The fourth-order valence-electron chi connectivity index (χ4n) is 6.68. The highest BCUT2D eigenvalue weighted by molar-refractivity contribution is 6.11. The topological polar surface area (TPSA) is 14.2 Å². The molecule has 0 amide bonds. The summed E-state index contributed by atoms with van der Waals surface area (Å²) < 4.78 is 8.84. The second-order valence-electron chi connectivity index (χ2n) is 10.9. The lowest BCUT2D eigenvalue weighted by molar-refractivity contribution is 0.487. The van der Waals surface area contributed by atoms with Crippen molar-refractivity contribution < 1.29 is 4.74 Å². The second-order valence-corrected chi connectivity index (χ2v) is 10.9. The first-order valence-corrected chi connectivity index (χ1v) is 14.4. The molecule has 1 aliphatic rings. The minimum Gasteiger partial charge on any atom is -0.456 e. The fraction of sp³-hybridized carbons (Fsp3) is 0. The van der Waals surface area contributed by atoms with E-state index in [9.17, 15) is 0 Å². The largest absolute Gasteiger partial charge is 0.456 e. The van der Waals surface area contributed by atoms with Crippen molar-refractivity contribution in [2.75, 3.05) is 0 Å². The Hall–Kier alpha value is -5.60. The second kappa shape index (κ2) is 8.95. The van der Waals surface area contributed by atoms with E-state index in [1.165, 1.54) is 60.4 Å². The van der Waals surface area contributed by atoms with Crippen LogP contribution in [0.3, 0.4) is 0 Å². The van der Waals surface area contributed by atoms with Crippen molar-refractivity contribution in [2.24, 2.45) is 0 Å². The molecule has 0 N–H and O–H groups in total. The third-order valence-electron chi connectivity index (χ3n) is 8.62. The number of para-hydroxylation sites is 2. The molecule has 42 heavy (non-hydrogen) atoms. The molecule has 7 aromatic carbocycles. The van der Waals surface area contributed by atoms with Gasteiger partial charge in [-0.2, -0.15) is 0 Å². The lowest BCUT2D eigenvalue weighted by Gasteiger charge is -2.23. The molecule has 2 heterocycles. The van der Waals surface area contributed by atoms with E-state index in [1.807, 2.05) is 0 Å². The Morgan fingerprint density at radius 3 is 1.79 bits per heavy atom. The first kappa shape index (κ1) is 23.1. The zero-order valence-electron chi connectivity index (χ0n) is 22.8. The van der Waals surface area contributed by atoms with Crippen molar-refractivity contribution in [1.29, 1.82) is 0 Å². The van der Waals surface area contributed by atoms with Gasteiger partial charge in [0, 0.05) is 27.4 Å². The maximum atomic E-state index is 6.48. The molecule has 0 bridgehead atoms. The van der Waals surface area contributed by atoms with Crippen molar-refractivity contribution in [3.05, 3.63) is 152 Å². The fourth-order valence-corrected chi connectivity index (χ4v) is 6.68. The SMILES string of the molecule is c1ccc(-c2ccc3c(c2)-c2cccc4c(-c5ccc(-n6c7ccccc7c7ccccc76)cc5)ccc(c24)O3)cc1. The van der Waals surface area contributed by atoms with E-state index in [-0.39, 0.29) is 0 Å². The zero-order chi connectivity index (χ0) is 27.6.